The molecular weight excluding hydrogens is 278 g/mol. The van der Waals surface area contributed by atoms with Crippen LogP contribution in [0.25, 0.3) is 0 Å². The van der Waals surface area contributed by atoms with Gasteiger partial charge in [0.1, 0.15) is 0 Å². The summed E-state index contributed by atoms with van der Waals surface area (Å²) in [7, 11) is 0. The van der Waals surface area contributed by atoms with E-state index in [-0.39, 0.29) is 11.7 Å². The van der Waals surface area contributed by atoms with E-state index in [0.29, 0.717) is 21.3 Å². The quantitative estimate of drug-likeness (QED) is 0.726. The lowest BCUT2D eigenvalue weighted by atomic mass is 10.2. The molecule has 0 saturated carbocycles. The van der Waals surface area contributed by atoms with Gasteiger partial charge in [-0.05, 0) is 37.7 Å². The van der Waals surface area contributed by atoms with E-state index in [0.717, 1.165) is 11.8 Å². The summed E-state index contributed by atoms with van der Waals surface area (Å²) in [5.41, 5.74) is 11.6. The van der Waals surface area contributed by atoms with Crippen molar-refractivity contribution in [2.45, 2.75) is 29.9 Å². The van der Waals surface area contributed by atoms with Crippen molar-refractivity contribution in [1.29, 1.82) is 0 Å². The van der Waals surface area contributed by atoms with E-state index in [1.807, 2.05) is 13.8 Å². The van der Waals surface area contributed by atoms with Gasteiger partial charge in [-0.25, -0.2) is 9.89 Å². The Kier molecular flexibility index (Phi) is 3.84. The molecule has 0 aliphatic heterocycles. The van der Waals surface area contributed by atoms with Gasteiger partial charge < -0.3 is 11.5 Å². The molecule has 0 saturated heterocycles. The van der Waals surface area contributed by atoms with Crippen molar-refractivity contribution in [1.82, 2.24) is 14.8 Å². The average molecular weight is 293 g/mol. The van der Waals surface area contributed by atoms with Crippen molar-refractivity contribution in [3.05, 3.63) is 34.2 Å². The number of aromatic nitrogens is 3. The third kappa shape index (κ3) is 2.55. The molecule has 0 unspecified atom stereocenters. The maximum atomic E-state index is 11.7. The Morgan fingerprint density at radius 2 is 2.15 bits per heavy atom. The lowest BCUT2D eigenvalue weighted by molar-refractivity contribution is 0.0997. The van der Waals surface area contributed by atoms with E-state index >= 15 is 0 Å². The largest absolute Gasteiger partial charge is 0.398 e. The molecule has 8 heteroatoms. The minimum Gasteiger partial charge on any atom is -0.398 e. The summed E-state index contributed by atoms with van der Waals surface area (Å²) in [6, 6.07) is 4.84. The van der Waals surface area contributed by atoms with E-state index in [9.17, 15) is 9.59 Å². The number of primary amides is 1. The van der Waals surface area contributed by atoms with Crippen molar-refractivity contribution < 1.29 is 4.79 Å². The SMILES string of the molecule is CC(C)n1c(Sc2c(N)cccc2C(N)=O)n[nH]c1=O. The summed E-state index contributed by atoms with van der Waals surface area (Å²) in [5.74, 6) is -0.575. The molecule has 1 amide bonds. The third-order valence-electron chi connectivity index (χ3n) is 2.69. The van der Waals surface area contributed by atoms with Crippen LogP contribution < -0.4 is 17.2 Å². The maximum absolute atomic E-state index is 11.7. The average Bonchev–Trinajstić information content (AvgIpc) is 2.72. The fourth-order valence-corrected chi connectivity index (χ4v) is 2.90. The van der Waals surface area contributed by atoms with Gasteiger partial charge in [0.15, 0.2) is 5.16 Å². The van der Waals surface area contributed by atoms with Crippen LogP contribution in [0.15, 0.2) is 33.0 Å². The van der Waals surface area contributed by atoms with Gasteiger partial charge in [-0.2, -0.15) is 0 Å². The lowest BCUT2D eigenvalue weighted by Crippen LogP contribution is -2.19. The zero-order chi connectivity index (χ0) is 14.9. The number of aromatic amines is 1. The Balaban J connectivity index is 2.51. The van der Waals surface area contributed by atoms with E-state index in [1.165, 1.54) is 4.57 Å². The van der Waals surface area contributed by atoms with Gasteiger partial charge in [0.25, 0.3) is 0 Å². The normalized spacial score (nSPS) is 10.9. The fraction of sp³-hybridized carbons (Fsp3) is 0.250. The van der Waals surface area contributed by atoms with Crippen LogP contribution in [-0.4, -0.2) is 20.7 Å². The van der Waals surface area contributed by atoms with Gasteiger partial charge in [0, 0.05) is 11.7 Å². The predicted octanol–water partition coefficient (Wildman–Crippen LogP) is 0.985. The number of carbonyl (C=O) groups is 1. The number of hydrogen-bond donors (Lipinski definition) is 3. The second kappa shape index (κ2) is 5.41. The summed E-state index contributed by atoms with van der Waals surface area (Å²) in [6.45, 7) is 3.73. The highest BCUT2D eigenvalue weighted by atomic mass is 32.2. The molecule has 0 radical (unpaired) electrons. The number of amides is 1. The van der Waals surface area contributed by atoms with Crippen LogP contribution in [0, 0.1) is 0 Å². The summed E-state index contributed by atoms with van der Waals surface area (Å²) in [5, 5.41) is 6.78. The maximum Gasteiger partial charge on any atom is 0.344 e. The highest BCUT2D eigenvalue weighted by Crippen LogP contribution is 2.33. The molecule has 0 spiro atoms. The first kappa shape index (κ1) is 14.2. The number of H-pyrrole nitrogens is 1. The van der Waals surface area contributed by atoms with Crippen molar-refractivity contribution in [3.8, 4) is 0 Å². The Hall–Kier alpha value is -2.22. The van der Waals surface area contributed by atoms with E-state index in [1.54, 1.807) is 18.2 Å². The summed E-state index contributed by atoms with van der Waals surface area (Å²) in [4.78, 5) is 23.6. The number of hydrogen-bond acceptors (Lipinski definition) is 5. The Bertz CT molecular complexity index is 704. The van der Waals surface area contributed by atoms with Crippen LogP contribution in [0.4, 0.5) is 5.69 Å². The highest BCUT2D eigenvalue weighted by Gasteiger charge is 2.18. The molecule has 0 atom stereocenters. The first-order valence-electron chi connectivity index (χ1n) is 5.95. The molecule has 5 N–H and O–H groups in total. The van der Waals surface area contributed by atoms with Crippen LogP contribution in [0.2, 0.25) is 0 Å². The molecular formula is C12H15N5O2S. The van der Waals surface area contributed by atoms with Crippen LogP contribution in [0.1, 0.15) is 30.2 Å². The second-order valence-corrected chi connectivity index (χ2v) is 5.44. The predicted molar refractivity (Wildman–Crippen MR) is 76.7 cm³/mol. The van der Waals surface area contributed by atoms with Gasteiger partial charge in [0.2, 0.25) is 5.91 Å². The smallest absolute Gasteiger partial charge is 0.344 e. The van der Waals surface area contributed by atoms with Crippen molar-refractivity contribution in [2.24, 2.45) is 5.73 Å². The Labute approximate surface area is 119 Å². The first-order chi connectivity index (χ1) is 9.41. The lowest BCUT2D eigenvalue weighted by Gasteiger charge is -2.11. The molecule has 0 fully saturated rings. The monoisotopic (exact) mass is 293 g/mol. The Morgan fingerprint density at radius 1 is 1.45 bits per heavy atom. The van der Waals surface area contributed by atoms with Crippen LogP contribution in [-0.2, 0) is 0 Å². The van der Waals surface area contributed by atoms with Crippen LogP contribution in [0.5, 0.6) is 0 Å². The molecule has 106 valence electrons. The second-order valence-electron chi connectivity index (χ2n) is 4.47. The number of benzene rings is 1. The fourth-order valence-electron chi connectivity index (χ4n) is 1.77. The highest BCUT2D eigenvalue weighted by molar-refractivity contribution is 7.99. The van der Waals surface area contributed by atoms with Gasteiger partial charge in [-0.15, -0.1) is 5.10 Å². The molecule has 7 nitrogen and oxygen atoms in total. The summed E-state index contributed by atoms with van der Waals surface area (Å²) in [6.07, 6.45) is 0. The minimum absolute atomic E-state index is 0.0642. The molecule has 1 heterocycles. The van der Waals surface area contributed by atoms with Gasteiger partial charge in [-0.3, -0.25) is 9.36 Å². The minimum atomic E-state index is -0.575. The third-order valence-corrected chi connectivity index (χ3v) is 3.82. The number of carbonyl (C=O) groups excluding carboxylic acids is 1. The summed E-state index contributed by atoms with van der Waals surface area (Å²) >= 11 is 1.14. The summed E-state index contributed by atoms with van der Waals surface area (Å²) < 4.78 is 1.49. The molecule has 2 rings (SSSR count). The zero-order valence-electron chi connectivity index (χ0n) is 11.1. The molecule has 0 bridgehead atoms. The number of nitrogens with two attached hydrogens (primary N) is 2. The molecule has 20 heavy (non-hydrogen) atoms. The first-order valence-corrected chi connectivity index (χ1v) is 6.76. The van der Waals surface area contributed by atoms with Crippen LogP contribution in [0.3, 0.4) is 0 Å². The number of nitrogens with zero attached hydrogens (tertiary/aromatic N) is 2. The topological polar surface area (TPSA) is 120 Å². The van der Waals surface area contributed by atoms with Crippen molar-refractivity contribution >= 4 is 23.4 Å². The van der Waals surface area contributed by atoms with E-state index in [2.05, 4.69) is 10.2 Å². The molecule has 1 aromatic heterocycles. The van der Waals surface area contributed by atoms with Gasteiger partial charge in [-0.1, -0.05) is 6.07 Å². The molecule has 1 aromatic carbocycles. The number of anilines is 1. The number of nitrogen functional groups attached to an aromatic ring is 1. The molecule has 2 aromatic rings. The van der Waals surface area contributed by atoms with E-state index < -0.39 is 5.91 Å². The molecule has 0 aliphatic rings. The molecule has 0 aliphatic carbocycles. The van der Waals surface area contributed by atoms with E-state index in [4.69, 9.17) is 11.5 Å². The Morgan fingerprint density at radius 3 is 2.75 bits per heavy atom. The van der Waals surface area contributed by atoms with Gasteiger partial charge >= 0.3 is 5.69 Å². The number of nitrogens with one attached hydrogen (secondary N) is 1. The van der Waals surface area contributed by atoms with Gasteiger partial charge in [0.05, 0.1) is 10.5 Å². The zero-order valence-corrected chi connectivity index (χ0v) is 11.9. The van der Waals surface area contributed by atoms with Crippen molar-refractivity contribution in [3.63, 3.8) is 0 Å². The standard InChI is InChI=1S/C12H15N5O2S/c1-6(2)17-11(19)15-16-12(17)20-9-7(10(14)18)4-3-5-8(9)13/h3-6H,13H2,1-2H3,(H2,14,18)(H,15,19). The number of rotatable bonds is 4. The van der Waals surface area contributed by atoms with Crippen LogP contribution >= 0.6 is 11.8 Å². The van der Waals surface area contributed by atoms with Crippen molar-refractivity contribution in [2.75, 3.05) is 5.73 Å².